The summed E-state index contributed by atoms with van der Waals surface area (Å²) in [6.07, 6.45) is 0. The molecule has 0 fully saturated rings. The van der Waals surface area contributed by atoms with Gasteiger partial charge in [0.05, 0.1) is 17.8 Å². The summed E-state index contributed by atoms with van der Waals surface area (Å²) in [5, 5.41) is 0. The van der Waals surface area contributed by atoms with Crippen LogP contribution in [0.25, 0.3) is 0 Å². The van der Waals surface area contributed by atoms with E-state index in [4.69, 9.17) is 4.74 Å². The fourth-order valence-corrected chi connectivity index (χ4v) is 2.24. The Hall–Kier alpha value is -2.57. The van der Waals surface area contributed by atoms with Gasteiger partial charge in [-0.3, -0.25) is 4.79 Å². The zero-order chi connectivity index (χ0) is 15.9. The highest BCUT2D eigenvalue weighted by molar-refractivity contribution is 6.07. The van der Waals surface area contributed by atoms with Gasteiger partial charge in [0, 0.05) is 6.07 Å². The molecule has 0 saturated heterocycles. The first-order valence-electron chi connectivity index (χ1n) is 6.37. The van der Waals surface area contributed by atoms with Crippen LogP contribution in [-0.2, 0) is 0 Å². The van der Waals surface area contributed by atoms with Crippen molar-refractivity contribution >= 4 is 11.6 Å². The van der Waals surface area contributed by atoms with E-state index in [1.54, 1.807) is 0 Å². The van der Waals surface area contributed by atoms with E-state index < -0.39 is 34.7 Å². The van der Waals surface area contributed by atoms with E-state index in [0.717, 1.165) is 23.1 Å². The van der Waals surface area contributed by atoms with Crippen LogP contribution in [0.15, 0.2) is 30.3 Å². The van der Waals surface area contributed by atoms with Gasteiger partial charge in [0.2, 0.25) is 0 Å². The molecule has 1 amide bonds. The number of amides is 1. The highest BCUT2D eigenvalue weighted by Crippen LogP contribution is 2.33. The molecule has 0 saturated carbocycles. The van der Waals surface area contributed by atoms with Gasteiger partial charge in [-0.15, -0.1) is 0 Å². The Morgan fingerprint density at radius 3 is 2.59 bits per heavy atom. The highest BCUT2D eigenvalue weighted by atomic mass is 19.2. The van der Waals surface area contributed by atoms with Gasteiger partial charge < -0.3 is 9.64 Å². The summed E-state index contributed by atoms with van der Waals surface area (Å²) >= 11 is 0. The molecular weight excluding hydrogens is 302 g/mol. The number of ether oxygens (including phenoxy) is 1. The molecule has 0 radical (unpaired) electrons. The molecule has 0 N–H and O–H groups in total. The van der Waals surface area contributed by atoms with Gasteiger partial charge in [-0.1, -0.05) is 0 Å². The minimum atomic E-state index is -1.72. The van der Waals surface area contributed by atoms with Crippen LogP contribution in [0.1, 0.15) is 10.4 Å². The topological polar surface area (TPSA) is 29.5 Å². The number of hydrogen-bond donors (Lipinski definition) is 0. The molecular formula is C15H9F4NO2. The van der Waals surface area contributed by atoms with Crippen LogP contribution in [0.4, 0.5) is 23.2 Å². The van der Waals surface area contributed by atoms with Gasteiger partial charge in [-0.2, -0.15) is 0 Å². The Balaban J connectivity index is 2.05. The third-order valence-corrected chi connectivity index (χ3v) is 3.29. The molecule has 0 aliphatic carbocycles. The zero-order valence-electron chi connectivity index (χ0n) is 11.1. The quantitative estimate of drug-likeness (QED) is 0.597. The summed E-state index contributed by atoms with van der Waals surface area (Å²) in [6.45, 7) is 0.156. The maximum Gasteiger partial charge on any atom is 0.261 e. The average molecular weight is 311 g/mol. The van der Waals surface area contributed by atoms with Crippen molar-refractivity contribution in [2.45, 2.75) is 0 Å². The van der Waals surface area contributed by atoms with Crippen molar-refractivity contribution in [1.29, 1.82) is 0 Å². The van der Waals surface area contributed by atoms with Crippen molar-refractivity contribution in [3.8, 4) is 5.75 Å². The highest BCUT2D eigenvalue weighted by Gasteiger charge is 2.28. The molecule has 1 aliphatic heterocycles. The van der Waals surface area contributed by atoms with E-state index in [1.165, 1.54) is 6.07 Å². The van der Waals surface area contributed by atoms with Crippen LogP contribution >= 0.6 is 0 Å². The summed E-state index contributed by atoms with van der Waals surface area (Å²) in [5.74, 6) is -5.93. The van der Waals surface area contributed by atoms with E-state index in [0.29, 0.717) is 6.07 Å². The lowest BCUT2D eigenvalue weighted by molar-refractivity contribution is 0.0971. The third kappa shape index (κ3) is 2.28. The van der Waals surface area contributed by atoms with E-state index >= 15 is 0 Å². The molecule has 0 atom stereocenters. The number of hydrogen-bond acceptors (Lipinski definition) is 2. The van der Waals surface area contributed by atoms with E-state index in [9.17, 15) is 22.4 Å². The summed E-state index contributed by atoms with van der Waals surface area (Å²) in [5.41, 5.74) is -0.517. The fraction of sp³-hybridized carbons (Fsp3) is 0.133. The molecule has 0 aromatic heterocycles. The van der Waals surface area contributed by atoms with Crippen LogP contribution in [0.2, 0.25) is 0 Å². The van der Waals surface area contributed by atoms with Crippen molar-refractivity contribution in [1.82, 2.24) is 0 Å². The average Bonchev–Trinajstić information content (AvgIpc) is 2.51. The van der Waals surface area contributed by atoms with Gasteiger partial charge in [0.25, 0.3) is 5.91 Å². The number of rotatable bonds is 1. The second kappa shape index (κ2) is 5.32. The van der Waals surface area contributed by atoms with Crippen LogP contribution in [0.3, 0.4) is 0 Å². The molecule has 7 heteroatoms. The first-order chi connectivity index (χ1) is 10.5. The van der Waals surface area contributed by atoms with Gasteiger partial charge >= 0.3 is 0 Å². The first kappa shape index (κ1) is 14.4. The maximum absolute atomic E-state index is 13.8. The predicted molar refractivity (Wildman–Crippen MR) is 69.9 cm³/mol. The normalized spacial score (nSPS) is 13.5. The minimum Gasteiger partial charge on any atom is -0.490 e. The summed E-state index contributed by atoms with van der Waals surface area (Å²) in [4.78, 5) is 13.4. The van der Waals surface area contributed by atoms with Crippen LogP contribution < -0.4 is 9.64 Å². The van der Waals surface area contributed by atoms with Crippen LogP contribution in [-0.4, -0.2) is 19.1 Å². The molecule has 0 unspecified atom stereocenters. The van der Waals surface area contributed by atoms with Crippen molar-refractivity contribution in [3.05, 3.63) is 59.2 Å². The summed E-state index contributed by atoms with van der Waals surface area (Å²) in [7, 11) is 0. The standard InChI is InChI=1S/C15H9F4NO2/c16-8-1-4-12-11(7-8)20(5-6-22-12)15(21)9-2-3-10(17)14(19)13(9)18/h1-4,7H,5-6H2. The molecule has 0 spiro atoms. The number of halogens is 4. The van der Waals surface area contributed by atoms with Gasteiger partial charge in [0.15, 0.2) is 17.5 Å². The first-order valence-corrected chi connectivity index (χ1v) is 6.37. The number of anilines is 1. The molecule has 1 aliphatic rings. The van der Waals surface area contributed by atoms with Crippen molar-refractivity contribution in [2.75, 3.05) is 18.1 Å². The summed E-state index contributed by atoms with van der Waals surface area (Å²) in [6, 6.07) is 5.07. The maximum atomic E-state index is 13.8. The van der Waals surface area contributed by atoms with E-state index in [2.05, 4.69) is 0 Å². The molecule has 0 bridgehead atoms. The van der Waals surface area contributed by atoms with Crippen molar-refractivity contribution in [2.24, 2.45) is 0 Å². The predicted octanol–water partition coefficient (Wildman–Crippen LogP) is 3.28. The Kier molecular flexibility index (Phi) is 3.48. The monoisotopic (exact) mass is 311 g/mol. The lowest BCUT2D eigenvalue weighted by Gasteiger charge is -2.29. The second-order valence-electron chi connectivity index (χ2n) is 4.64. The smallest absolute Gasteiger partial charge is 0.261 e. The molecule has 3 rings (SSSR count). The lowest BCUT2D eigenvalue weighted by Crippen LogP contribution is -2.38. The Labute approximate surface area is 122 Å². The second-order valence-corrected chi connectivity index (χ2v) is 4.64. The fourth-order valence-electron chi connectivity index (χ4n) is 2.24. The van der Waals surface area contributed by atoms with Crippen LogP contribution in [0, 0.1) is 23.3 Å². The Morgan fingerprint density at radius 1 is 1.05 bits per heavy atom. The summed E-state index contributed by atoms with van der Waals surface area (Å²) < 4.78 is 58.6. The number of carbonyl (C=O) groups excluding carboxylic acids is 1. The van der Waals surface area contributed by atoms with Crippen LogP contribution in [0.5, 0.6) is 5.75 Å². The molecule has 22 heavy (non-hydrogen) atoms. The lowest BCUT2D eigenvalue weighted by atomic mass is 10.1. The molecule has 2 aromatic carbocycles. The largest absolute Gasteiger partial charge is 0.490 e. The van der Waals surface area contributed by atoms with Gasteiger partial charge in [0.1, 0.15) is 18.2 Å². The number of nitrogens with zero attached hydrogens (tertiary/aromatic N) is 1. The van der Waals surface area contributed by atoms with Crippen molar-refractivity contribution < 1.29 is 27.1 Å². The SMILES string of the molecule is O=C(c1ccc(F)c(F)c1F)N1CCOc2ccc(F)cc21. The zero-order valence-corrected chi connectivity index (χ0v) is 11.1. The van der Waals surface area contributed by atoms with Gasteiger partial charge in [-0.05, 0) is 24.3 Å². The number of benzene rings is 2. The van der Waals surface area contributed by atoms with E-state index in [-0.39, 0.29) is 24.6 Å². The molecule has 114 valence electrons. The molecule has 2 aromatic rings. The Bertz CT molecular complexity index is 763. The number of fused-ring (bicyclic) bond motifs is 1. The minimum absolute atomic E-state index is 0.0354. The third-order valence-electron chi connectivity index (χ3n) is 3.29. The number of carbonyl (C=O) groups is 1. The Morgan fingerprint density at radius 2 is 1.82 bits per heavy atom. The molecule has 1 heterocycles. The van der Waals surface area contributed by atoms with Crippen molar-refractivity contribution in [3.63, 3.8) is 0 Å². The van der Waals surface area contributed by atoms with E-state index in [1.807, 2.05) is 0 Å². The molecule has 3 nitrogen and oxygen atoms in total. The van der Waals surface area contributed by atoms with Gasteiger partial charge in [-0.25, -0.2) is 17.6 Å².